The lowest BCUT2D eigenvalue weighted by Crippen LogP contribution is -2.39. The van der Waals surface area contributed by atoms with E-state index in [2.05, 4.69) is 0 Å². The molecule has 0 aliphatic carbocycles. The highest BCUT2D eigenvalue weighted by molar-refractivity contribution is 5.94. The van der Waals surface area contributed by atoms with E-state index in [1.54, 1.807) is 6.92 Å². The maximum Gasteiger partial charge on any atom is 0.406 e. The van der Waals surface area contributed by atoms with Crippen molar-refractivity contribution in [3.63, 3.8) is 0 Å². The van der Waals surface area contributed by atoms with Crippen LogP contribution in [0.15, 0.2) is 18.2 Å². The zero-order valence-corrected chi connectivity index (χ0v) is 10.3. The highest BCUT2D eigenvalue weighted by Gasteiger charge is 2.33. The van der Waals surface area contributed by atoms with Crippen LogP contribution in [0.4, 0.5) is 23.2 Å². The average molecular weight is 278 g/mol. The fourth-order valence-electron chi connectivity index (χ4n) is 1.58. The van der Waals surface area contributed by atoms with Gasteiger partial charge in [-0.1, -0.05) is 6.92 Å². The second-order valence-corrected chi connectivity index (χ2v) is 4.08. The Labute approximate surface area is 108 Å². The van der Waals surface area contributed by atoms with Gasteiger partial charge in [0.1, 0.15) is 12.4 Å². The smallest absolute Gasteiger partial charge is 0.396 e. The van der Waals surface area contributed by atoms with Gasteiger partial charge < -0.3 is 10.6 Å². The van der Waals surface area contributed by atoms with Gasteiger partial charge >= 0.3 is 6.18 Å². The molecular weight excluding hydrogens is 264 g/mol. The summed E-state index contributed by atoms with van der Waals surface area (Å²) < 4.78 is 50.3. The zero-order valence-electron chi connectivity index (χ0n) is 10.3. The van der Waals surface area contributed by atoms with E-state index in [1.807, 2.05) is 0 Å². The molecule has 1 amide bonds. The van der Waals surface area contributed by atoms with E-state index in [-0.39, 0.29) is 17.8 Å². The minimum absolute atomic E-state index is 0.0513. The third kappa shape index (κ3) is 4.42. The minimum Gasteiger partial charge on any atom is -0.396 e. The number of amides is 1. The largest absolute Gasteiger partial charge is 0.406 e. The summed E-state index contributed by atoms with van der Waals surface area (Å²) in [6.07, 6.45) is -4.11. The van der Waals surface area contributed by atoms with E-state index in [0.29, 0.717) is 11.3 Å². The van der Waals surface area contributed by atoms with Crippen molar-refractivity contribution in [2.75, 3.05) is 18.8 Å². The lowest BCUT2D eigenvalue weighted by atomic mass is 10.1. The maximum atomic E-state index is 13.2. The topological polar surface area (TPSA) is 46.3 Å². The number of halogens is 4. The Morgan fingerprint density at radius 3 is 2.47 bits per heavy atom. The van der Waals surface area contributed by atoms with E-state index in [1.165, 1.54) is 6.07 Å². The van der Waals surface area contributed by atoms with Crippen molar-refractivity contribution in [3.8, 4) is 0 Å². The van der Waals surface area contributed by atoms with Crippen molar-refractivity contribution in [1.82, 2.24) is 4.90 Å². The van der Waals surface area contributed by atoms with E-state index in [4.69, 9.17) is 5.73 Å². The zero-order chi connectivity index (χ0) is 14.6. The van der Waals surface area contributed by atoms with E-state index < -0.39 is 24.4 Å². The van der Waals surface area contributed by atoms with Crippen LogP contribution in [0.25, 0.3) is 0 Å². The number of alkyl halides is 3. The van der Waals surface area contributed by atoms with Crippen molar-refractivity contribution in [1.29, 1.82) is 0 Å². The SMILES string of the molecule is CCCN(CC(F)(F)F)C(=O)c1ccc(N)c(F)c1. The second-order valence-electron chi connectivity index (χ2n) is 4.08. The van der Waals surface area contributed by atoms with Gasteiger partial charge in [0.25, 0.3) is 5.91 Å². The first-order valence-electron chi connectivity index (χ1n) is 5.65. The van der Waals surface area contributed by atoms with Gasteiger partial charge in [0.15, 0.2) is 0 Å². The Morgan fingerprint density at radius 1 is 1.37 bits per heavy atom. The monoisotopic (exact) mass is 278 g/mol. The number of anilines is 1. The van der Waals surface area contributed by atoms with Gasteiger partial charge in [0, 0.05) is 12.1 Å². The van der Waals surface area contributed by atoms with Gasteiger partial charge in [-0.2, -0.15) is 13.2 Å². The van der Waals surface area contributed by atoms with E-state index in [0.717, 1.165) is 12.1 Å². The molecule has 1 rings (SSSR count). The van der Waals surface area contributed by atoms with Crippen LogP contribution in [0.1, 0.15) is 23.7 Å². The van der Waals surface area contributed by atoms with Crippen molar-refractivity contribution >= 4 is 11.6 Å². The van der Waals surface area contributed by atoms with Crippen LogP contribution in [0, 0.1) is 5.82 Å². The first-order chi connectivity index (χ1) is 8.74. The summed E-state index contributed by atoms with van der Waals surface area (Å²) in [4.78, 5) is 12.5. The van der Waals surface area contributed by atoms with Crippen LogP contribution >= 0.6 is 0 Å². The molecule has 0 aliphatic rings. The Morgan fingerprint density at radius 2 is 2.00 bits per heavy atom. The summed E-state index contributed by atoms with van der Waals surface area (Å²) in [5.41, 5.74) is 4.94. The highest BCUT2D eigenvalue weighted by Crippen LogP contribution is 2.19. The average Bonchev–Trinajstić information content (AvgIpc) is 2.29. The number of carbonyl (C=O) groups excluding carboxylic acids is 1. The molecule has 1 aromatic rings. The fraction of sp³-hybridized carbons (Fsp3) is 0.417. The Kier molecular flexibility index (Phi) is 4.74. The van der Waals surface area contributed by atoms with Crippen LogP contribution in [0.2, 0.25) is 0 Å². The third-order valence-electron chi connectivity index (χ3n) is 2.40. The molecule has 7 heteroatoms. The molecule has 0 heterocycles. The number of nitrogens with two attached hydrogens (primary N) is 1. The molecule has 19 heavy (non-hydrogen) atoms. The summed E-state index contributed by atoms with van der Waals surface area (Å²) in [7, 11) is 0. The Hall–Kier alpha value is -1.79. The molecule has 3 nitrogen and oxygen atoms in total. The summed E-state index contributed by atoms with van der Waals surface area (Å²) in [6, 6.07) is 3.21. The molecule has 0 atom stereocenters. The molecule has 0 aliphatic heterocycles. The molecule has 0 saturated heterocycles. The molecule has 0 spiro atoms. The lowest BCUT2D eigenvalue weighted by molar-refractivity contribution is -0.140. The summed E-state index contributed by atoms with van der Waals surface area (Å²) in [5, 5.41) is 0. The summed E-state index contributed by atoms with van der Waals surface area (Å²) in [6.45, 7) is 0.246. The second kappa shape index (κ2) is 5.90. The molecule has 0 saturated carbocycles. The van der Waals surface area contributed by atoms with Crippen LogP contribution in [0.3, 0.4) is 0 Å². The number of carbonyl (C=O) groups is 1. The van der Waals surface area contributed by atoms with Crippen molar-refractivity contribution in [2.24, 2.45) is 0 Å². The quantitative estimate of drug-likeness (QED) is 0.680. The van der Waals surface area contributed by atoms with Crippen LogP contribution in [0.5, 0.6) is 0 Å². The number of hydrogen-bond acceptors (Lipinski definition) is 2. The third-order valence-corrected chi connectivity index (χ3v) is 2.40. The molecule has 0 aromatic heterocycles. The van der Waals surface area contributed by atoms with Crippen molar-refractivity contribution < 1.29 is 22.4 Å². The Bertz CT molecular complexity index is 460. The Balaban J connectivity index is 2.95. The summed E-state index contributed by atoms with van der Waals surface area (Å²) in [5.74, 6) is -1.69. The number of hydrogen-bond donors (Lipinski definition) is 1. The highest BCUT2D eigenvalue weighted by atomic mass is 19.4. The predicted molar refractivity (Wildman–Crippen MR) is 63.1 cm³/mol. The molecular formula is C12H14F4N2O. The number of nitrogen functional groups attached to an aromatic ring is 1. The van der Waals surface area contributed by atoms with Gasteiger partial charge in [-0.3, -0.25) is 4.79 Å². The lowest BCUT2D eigenvalue weighted by Gasteiger charge is -2.23. The molecule has 0 unspecified atom stereocenters. The maximum absolute atomic E-state index is 13.2. The molecule has 1 aromatic carbocycles. The minimum atomic E-state index is -4.49. The number of rotatable bonds is 4. The molecule has 0 bridgehead atoms. The van der Waals surface area contributed by atoms with Gasteiger partial charge in [0.2, 0.25) is 0 Å². The van der Waals surface area contributed by atoms with Crippen molar-refractivity contribution in [2.45, 2.75) is 19.5 Å². The van der Waals surface area contributed by atoms with Crippen LogP contribution in [-0.2, 0) is 0 Å². The van der Waals surface area contributed by atoms with Crippen LogP contribution in [-0.4, -0.2) is 30.1 Å². The standard InChI is InChI=1S/C12H14F4N2O/c1-2-5-18(7-12(14,15)16)11(19)8-3-4-10(17)9(13)6-8/h3-4,6H,2,5,7,17H2,1H3. The van der Waals surface area contributed by atoms with Gasteiger partial charge in [-0.25, -0.2) is 4.39 Å². The molecule has 0 fully saturated rings. The molecule has 0 radical (unpaired) electrons. The number of nitrogens with zero attached hydrogens (tertiary/aromatic N) is 1. The van der Waals surface area contributed by atoms with Gasteiger partial charge in [-0.05, 0) is 24.6 Å². The van der Waals surface area contributed by atoms with Crippen LogP contribution < -0.4 is 5.73 Å². The van der Waals surface area contributed by atoms with E-state index >= 15 is 0 Å². The molecule has 2 N–H and O–H groups in total. The van der Waals surface area contributed by atoms with Gasteiger partial charge in [-0.15, -0.1) is 0 Å². The summed E-state index contributed by atoms with van der Waals surface area (Å²) >= 11 is 0. The predicted octanol–water partition coefficient (Wildman–Crippen LogP) is 2.82. The molecule has 106 valence electrons. The van der Waals surface area contributed by atoms with Gasteiger partial charge in [0.05, 0.1) is 5.69 Å². The first-order valence-corrected chi connectivity index (χ1v) is 5.65. The van der Waals surface area contributed by atoms with E-state index in [9.17, 15) is 22.4 Å². The first kappa shape index (κ1) is 15.3. The van der Waals surface area contributed by atoms with Crippen molar-refractivity contribution in [3.05, 3.63) is 29.6 Å². The fourth-order valence-corrected chi connectivity index (χ4v) is 1.58. The normalized spacial score (nSPS) is 11.4. The number of benzene rings is 1.